The summed E-state index contributed by atoms with van der Waals surface area (Å²) in [5.41, 5.74) is 3.60. The van der Waals surface area contributed by atoms with Gasteiger partial charge in [0, 0.05) is 31.0 Å². The van der Waals surface area contributed by atoms with Gasteiger partial charge in [0.05, 0.1) is 11.0 Å². The van der Waals surface area contributed by atoms with Crippen LogP contribution in [-0.4, -0.2) is 6.18 Å². The fraction of sp³-hybridized carbons (Fsp3) is 0.184. The van der Waals surface area contributed by atoms with Crippen molar-refractivity contribution in [1.82, 2.24) is 0 Å². The zero-order valence-electron chi connectivity index (χ0n) is 26.3. The van der Waals surface area contributed by atoms with Crippen molar-refractivity contribution in [2.75, 3.05) is 0 Å². The van der Waals surface area contributed by atoms with Gasteiger partial charge in [0.15, 0.2) is 6.20 Å². The maximum atomic E-state index is 13.7. The van der Waals surface area contributed by atoms with Gasteiger partial charge in [0.25, 0.3) is 0 Å². The highest BCUT2D eigenvalue weighted by molar-refractivity contribution is 6.24. The molecule has 0 bridgehead atoms. The summed E-state index contributed by atoms with van der Waals surface area (Å²) in [5.74, 6) is 0. The van der Waals surface area contributed by atoms with E-state index >= 15 is 0 Å². The molecule has 7 rings (SSSR count). The minimum Gasteiger partial charge on any atom is -0.454 e. The van der Waals surface area contributed by atoms with Crippen molar-refractivity contribution in [1.29, 1.82) is 0 Å². The first-order valence-corrected chi connectivity index (χ1v) is 14.2. The van der Waals surface area contributed by atoms with Gasteiger partial charge in [0.2, 0.25) is 5.69 Å². The van der Waals surface area contributed by atoms with E-state index in [1.54, 1.807) is 12.1 Å². The normalized spacial score (nSPS) is 13.7. The summed E-state index contributed by atoms with van der Waals surface area (Å²) in [6.07, 6.45) is -5.36. The molecule has 0 atom stereocenters. The van der Waals surface area contributed by atoms with Crippen molar-refractivity contribution in [2.24, 2.45) is 12.5 Å². The fourth-order valence-corrected chi connectivity index (χ4v) is 5.98. The lowest BCUT2D eigenvalue weighted by Crippen LogP contribution is -2.34. The summed E-state index contributed by atoms with van der Waals surface area (Å²) < 4.78 is 66.7. The Labute approximate surface area is 250 Å². The van der Waals surface area contributed by atoms with Crippen LogP contribution in [-0.2, 0) is 13.4 Å². The van der Waals surface area contributed by atoms with Crippen molar-refractivity contribution >= 4 is 43.5 Å². The largest absolute Gasteiger partial charge is 0.454 e. The van der Waals surface area contributed by atoms with E-state index in [2.05, 4.69) is 55.5 Å². The first-order chi connectivity index (χ1) is 21.3. The highest BCUT2D eigenvalue weighted by Crippen LogP contribution is 2.43. The van der Waals surface area contributed by atoms with Crippen molar-refractivity contribution in [3.63, 3.8) is 0 Å². The average Bonchev–Trinajstić information content (AvgIpc) is 3.39. The smallest absolute Gasteiger partial charge is 0.394 e. The zero-order valence-corrected chi connectivity index (χ0v) is 24.3. The number of alkyl halides is 3. The van der Waals surface area contributed by atoms with Gasteiger partial charge in [-0.1, -0.05) is 92.7 Å². The van der Waals surface area contributed by atoms with Crippen LogP contribution in [0.5, 0.6) is 0 Å². The molecule has 43 heavy (non-hydrogen) atoms. The fourth-order valence-electron chi connectivity index (χ4n) is 5.98. The molecule has 0 unspecified atom stereocenters. The Balaban J connectivity index is 1.38. The van der Waals surface area contributed by atoms with E-state index in [0.29, 0.717) is 0 Å². The first kappa shape index (κ1) is 24.9. The lowest BCUT2D eigenvalue weighted by molar-refractivity contribution is -0.660. The lowest BCUT2D eigenvalue weighted by Gasteiger charge is -2.27. The number of fused-ring (bicyclic) bond motifs is 7. The molecule has 2 heterocycles. The third-order valence-corrected chi connectivity index (χ3v) is 8.51. The average molecular weight is 577 g/mol. The molecule has 5 aromatic carbocycles. The van der Waals surface area contributed by atoms with Crippen LogP contribution >= 0.6 is 0 Å². The van der Waals surface area contributed by atoms with Gasteiger partial charge in [-0.3, -0.25) is 0 Å². The van der Waals surface area contributed by atoms with E-state index in [9.17, 15) is 13.2 Å². The minimum atomic E-state index is -4.70. The molecule has 2 nitrogen and oxygen atoms in total. The number of aromatic nitrogens is 1. The van der Waals surface area contributed by atoms with E-state index in [-0.39, 0.29) is 5.56 Å². The van der Waals surface area contributed by atoms with Crippen molar-refractivity contribution in [2.45, 2.75) is 33.3 Å². The van der Waals surface area contributed by atoms with Crippen LogP contribution in [0.4, 0.5) is 13.2 Å². The molecule has 7 aromatic rings. The maximum Gasteiger partial charge on any atom is 0.394 e. The molecule has 0 spiro atoms. The van der Waals surface area contributed by atoms with Gasteiger partial charge in [-0.05, 0) is 57.8 Å². The zero-order chi connectivity index (χ0) is 31.9. The van der Waals surface area contributed by atoms with Crippen LogP contribution in [0, 0.1) is 12.3 Å². The molecule has 0 N–H and O–H groups in total. The third kappa shape index (κ3) is 4.46. The second-order valence-corrected chi connectivity index (χ2v) is 11.8. The Morgan fingerprint density at radius 3 is 2.19 bits per heavy atom. The highest BCUT2D eigenvalue weighted by Gasteiger charge is 2.46. The van der Waals surface area contributed by atoms with Crippen LogP contribution in [0.15, 0.2) is 108 Å². The topological polar surface area (TPSA) is 17.0 Å². The van der Waals surface area contributed by atoms with E-state index in [1.165, 1.54) is 12.1 Å². The monoisotopic (exact) mass is 576 g/mol. The Morgan fingerprint density at radius 1 is 0.744 bits per heavy atom. The summed E-state index contributed by atoms with van der Waals surface area (Å²) >= 11 is 0. The number of halogens is 3. The number of nitrogens with zero attached hydrogens (tertiary/aromatic N) is 1. The Hall–Kier alpha value is -4.64. The Morgan fingerprint density at radius 2 is 1.42 bits per heavy atom. The molecule has 0 aliphatic rings. The van der Waals surface area contributed by atoms with Gasteiger partial charge in [-0.15, -0.1) is 0 Å². The number of furan rings is 1. The van der Waals surface area contributed by atoms with E-state index < -0.39 is 18.0 Å². The minimum absolute atomic E-state index is 0.0158. The number of rotatable bonds is 4. The molecular formula is C38H31F3NO+. The predicted molar refractivity (Wildman–Crippen MR) is 169 cm³/mol. The molecule has 5 heteroatoms. The molecule has 0 aliphatic carbocycles. The van der Waals surface area contributed by atoms with Gasteiger partial charge in [-0.25, -0.2) is 4.57 Å². The van der Waals surface area contributed by atoms with E-state index in [0.717, 1.165) is 85.3 Å². The molecule has 0 radical (unpaired) electrons. The molecule has 0 amide bonds. The van der Waals surface area contributed by atoms with Gasteiger partial charge in [0.1, 0.15) is 18.2 Å². The van der Waals surface area contributed by atoms with Gasteiger partial charge < -0.3 is 4.42 Å². The van der Waals surface area contributed by atoms with E-state index in [4.69, 9.17) is 7.16 Å². The quantitative estimate of drug-likeness (QED) is 0.150. The number of pyridine rings is 1. The SMILES string of the molecule is [2H]C([2H])(c1ccc(-c2cc[n+](C)c(-c3c(C)ccc4c3oc3c4ccc4ccc5ccccc5c43)c2)cc1)C(C)(C)C(F)(F)F. The first-order valence-electron chi connectivity index (χ1n) is 15.2. The lowest BCUT2D eigenvalue weighted by atomic mass is 9.84. The van der Waals surface area contributed by atoms with Crippen LogP contribution in [0.25, 0.3) is 65.9 Å². The summed E-state index contributed by atoms with van der Waals surface area (Å²) in [7, 11) is 1.97. The second-order valence-electron chi connectivity index (χ2n) is 11.8. The van der Waals surface area contributed by atoms with Gasteiger partial charge in [-0.2, -0.15) is 13.2 Å². The standard InChI is InChI=1S/C38H31F3NO/c1-23-9-17-30-31-18-16-27-15-14-26-7-5-6-8-29(26)34(27)36(31)43-35(30)33(23)32-21-28(19-20-42(32)4)25-12-10-24(11-13-25)22-37(2,3)38(39,40)41/h5-21H,22H2,1-4H3/q+1/i22D2. The summed E-state index contributed by atoms with van der Waals surface area (Å²) in [5, 5.41) is 6.53. The molecule has 0 saturated carbocycles. The van der Waals surface area contributed by atoms with Gasteiger partial charge >= 0.3 is 6.18 Å². The Bertz CT molecular complexity index is 2280. The molecule has 0 saturated heterocycles. The third-order valence-electron chi connectivity index (χ3n) is 8.51. The van der Waals surface area contributed by atoms with Crippen molar-refractivity contribution < 1.29 is 24.9 Å². The molecule has 0 fully saturated rings. The second kappa shape index (κ2) is 9.70. The maximum absolute atomic E-state index is 13.7. The molecule has 2 aromatic heterocycles. The van der Waals surface area contributed by atoms with Crippen molar-refractivity contribution in [3.05, 3.63) is 114 Å². The Kier molecular flexibility index (Phi) is 5.62. The number of hydrogen-bond donors (Lipinski definition) is 0. The van der Waals surface area contributed by atoms with Crippen molar-refractivity contribution in [3.8, 4) is 22.4 Å². The number of aryl methyl sites for hydroxylation is 2. The van der Waals surface area contributed by atoms with Crippen LogP contribution < -0.4 is 4.57 Å². The summed E-state index contributed by atoms with van der Waals surface area (Å²) in [6.45, 7) is 3.86. The summed E-state index contributed by atoms with van der Waals surface area (Å²) in [6, 6.07) is 31.3. The number of hydrogen-bond acceptors (Lipinski definition) is 1. The predicted octanol–water partition coefficient (Wildman–Crippen LogP) is 10.5. The van der Waals surface area contributed by atoms with Crippen LogP contribution in [0.1, 0.15) is 27.7 Å². The highest BCUT2D eigenvalue weighted by atomic mass is 19.4. The van der Waals surface area contributed by atoms with Crippen LogP contribution in [0.2, 0.25) is 0 Å². The molecule has 214 valence electrons. The molecule has 0 aliphatic heterocycles. The van der Waals surface area contributed by atoms with Crippen LogP contribution in [0.3, 0.4) is 0 Å². The van der Waals surface area contributed by atoms with E-state index in [1.807, 2.05) is 42.1 Å². The summed E-state index contributed by atoms with van der Waals surface area (Å²) in [4.78, 5) is 0. The molecular weight excluding hydrogens is 543 g/mol. The number of benzene rings is 5.